The SMILES string of the molecule is CC(C)(C)[C@@H]1CCC(=O)[C@H]([C@@]2(O)C(=O)Nc3ccc(Br)cc32)C1. The summed E-state index contributed by atoms with van der Waals surface area (Å²) in [5, 5.41) is 14.0. The van der Waals surface area contributed by atoms with E-state index in [1.54, 1.807) is 12.1 Å². The van der Waals surface area contributed by atoms with Crippen molar-refractivity contribution in [1.29, 1.82) is 0 Å². The Hall–Kier alpha value is -1.20. The van der Waals surface area contributed by atoms with Gasteiger partial charge < -0.3 is 10.4 Å². The number of halogens is 1. The van der Waals surface area contributed by atoms with Gasteiger partial charge in [0.05, 0.1) is 5.92 Å². The number of nitrogens with one attached hydrogen (secondary N) is 1. The minimum Gasteiger partial charge on any atom is -0.375 e. The highest BCUT2D eigenvalue weighted by atomic mass is 79.9. The van der Waals surface area contributed by atoms with Crippen LogP contribution in [0.1, 0.15) is 45.6 Å². The lowest BCUT2D eigenvalue weighted by Gasteiger charge is -2.41. The molecule has 1 aromatic rings. The molecule has 4 nitrogen and oxygen atoms in total. The van der Waals surface area contributed by atoms with Crippen LogP contribution < -0.4 is 5.32 Å². The predicted octanol–water partition coefficient (Wildman–Crippen LogP) is 3.62. The Morgan fingerprint density at radius 3 is 2.65 bits per heavy atom. The third kappa shape index (κ3) is 2.64. The highest BCUT2D eigenvalue weighted by Gasteiger charge is 2.55. The zero-order chi connectivity index (χ0) is 17.0. The molecule has 2 aliphatic rings. The molecule has 5 heteroatoms. The Kier molecular flexibility index (Phi) is 3.92. The van der Waals surface area contributed by atoms with E-state index in [2.05, 4.69) is 42.0 Å². The molecule has 0 aromatic heterocycles. The summed E-state index contributed by atoms with van der Waals surface area (Å²) in [6, 6.07) is 5.30. The number of fused-ring (bicyclic) bond motifs is 1. The number of carbonyl (C=O) groups is 2. The molecule has 1 aliphatic carbocycles. The fraction of sp³-hybridized carbons (Fsp3) is 0.556. The van der Waals surface area contributed by atoms with Gasteiger partial charge >= 0.3 is 0 Å². The van der Waals surface area contributed by atoms with Gasteiger partial charge in [-0.3, -0.25) is 9.59 Å². The summed E-state index contributed by atoms with van der Waals surface area (Å²) in [5.74, 6) is -0.885. The summed E-state index contributed by atoms with van der Waals surface area (Å²) in [5.41, 5.74) is -0.624. The Morgan fingerprint density at radius 2 is 2.00 bits per heavy atom. The van der Waals surface area contributed by atoms with E-state index in [-0.39, 0.29) is 11.2 Å². The molecule has 0 bridgehead atoms. The van der Waals surface area contributed by atoms with Crippen LogP contribution >= 0.6 is 15.9 Å². The minimum absolute atomic E-state index is 0.0176. The second-order valence-electron chi connectivity index (χ2n) is 7.77. The van der Waals surface area contributed by atoms with Crippen LogP contribution in [0.25, 0.3) is 0 Å². The van der Waals surface area contributed by atoms with Crippen molar-refractivity contribution in [3.63, 3.8) is 0 Å². The fourth-order valence-electron chi connectivity index (χ4n) is 3.84. The maximum absolute atomic E-state index is 12.5. The van der Waals surface area contributed by atoms with Crippen LogP contribution in [0.3, 0.4) is 0 Å². The molecule has 1 saturated carbocycles. The Bertz CT molecular complexity index is 679. The molecular formula is C18H22BrNO3. The summed E-state index contributed by atoms with van der Waals surface area (Å²) in [4.78, 5) is 25.1. The largest absolute Gasteiger partial charge is 0.375 e. The molecule has 0 radical (unpaired) electrons. The molecule has 2 N–H and O–H groups in total. The average molecular weight is 380 g/mol. The number of hydrogen-bond acceptors (Lipinski definition) is 3. The smallest absolute Gasteiger partial charge is 0.261 e. The first-order chi connectivity index (χ1) is 10.6. The summed E-state index contributed by atoms with van der Waals surface area (Å²) in [6.07, 6.45) is 1.78. The molecule has 0 saturated heterocycles. The van der Waals surface area contributed by atoms with Crippen molar-refractivity contribution in [1.82, 2.24) is 0 Å². The van der Waals surface area contributed by atoms with Crippen LogP contribution in [0.2, 0.25) is 0 Å². The molecule has 124 valence electrons. The standard InChI is InChI=1S/C18H22BrNO3/c1-17(2,3)10-4-7-15(21)13(8-10)18(23)12-9-11(19)5-6-14(12)20-16(18)22/h5-6,9-10,13,23H,4,7-8H2,1-3H3,(H,20,22)/t10-,13-,18-/m1/s1. The van der Waals surface area contributed by atoms with Crippen LogP contribution in [-0.4, -0.2) is 16.8 Å². The number of amides is 1. The van der Waals surface area contributed by atoms with E-state index in [1.165, 1.54) is 0 Å². The number of aliphatic hydroxyl groups is 1. The van der Waals surface area contributed by atoms with E-state index in [0.717, 1.165) is 10.9 Å². The van der Waals surface area contributed by atoms with Crippen LogP contribution in [0.15, 0.2) is 22.7 Å². The van der Waals surface area contributed by atoms with Crippen LogP contribution in [0.5, 0.6) is 0 Å². The number of carbonyl (C=O) groups excluding carboxylic acids is 2. The summed E-state index contributed by atoms with van der Waals surface area (Å²) in [6.45, 7) is 6.44. The number of rotatable bonds is 1. The third-order valence-electron chi connectivity index (χ3n) is 5.36. The molecule has 1 aliphatic heterocycles. The first kappa shape index (κ1) is 16.7. The van der Waals surface area contributed by atoms with Crippen molar-refractivity contribution < 1.29 is 14.7 Å². The van der Waals surface area contributed by atoms with Crippen molar-refractivity contribution >= 4 is 33.3 Å². The summed E-state index contributed by atoms with van der Waals surface area (Å²) in [7, 11) is 0. The van der Waals surface area contributed by atoms with E-state index in [9.17, 15) is 14.7 Å². The quantitative estimate of drug-likeness (QED) is 0.782. The molecule has 1 amide bonds. The minimum atomic E-state index is -1.76. The number of Topliss-reactive ketones (excluding diaryl/α,β-unsaturated/α-hetero) is 1. The molecule has 1 heterocycles. The molecule has 23 heavy (non-hydrogen) atoms. The van der Waals surface area contributed by atoms with Crippen molar-refractivity contribution in [3.8, 4) is 0 Å². The predicted molar refractivity (Wildman–Crippen MR) is 92.0 cm³/mol. The highest BCUT2D eigenvalue weighted by Crippen LogP contribution is 2.49. The van der Waals surface area contributed by atoms with Crippen molar-refractivity contribution in [2.45, 2.75) is 45.6 Å². The van der Waals surface area contributed by atoms with Crippen LogP contribution in [-0.2, 0) is 15.2 Å². The summed E-state index contributed by atoms with van der Waals surface area (Å²) < 4.78 is 0.779. The van der Waals surface area contributed by atoms with Crippen molar-refractivity contribution in [2.75, 3.05) is 5.32 Å². The van der Waals surface area contributed by atoms with Crippen LogP contribution in [0, 0.1) is 17.3 Å². The van der Waals surface area contributed by atoms with Gasteiger partial charge in [0.25, 0.3) is 5.91 Å². The number of hydrogen-bond donors (Lipinski definition) is 2. The third-order valence-corrected chi connectivity index (χ3v) is 5.86. The molecular weight excluding hydrogens is 358 g/mol. The van der Waals surface area contributed by atoms with Gasteiger partial charge in [0.1, 0.15) is 5.78 Å². The number of ketones is 1. The van der Waals surface area contributed by atoms with Gasteiger partial charge in [0.15, 0.2) is 5.60 Å². The normalized spacial score (nSPS) is 31.0. The Morgan fingerprint density at radius 1 is 1.30 bits per heavy atom. The maximum Gasteiger partial charge on any atom is 0.261 e. The lowest BCUT2D eigenvalue weighted by Crippen LogP contribution is -2.49. The second kappa shape index (κ2) is 5.42. The van der Waals surface area contributed by atoms with E-state index in [0.29, 0.717) is 30.0 Å². The average Bonchev–Trinajstić information content (AvgIpc) is 2.71. The van der Waals surface area contributed by atoms with Crippen LogP contribution in [0.4, 0.5) is 5.69 Å². The number of benzene rings is 1. The zero-order valence-electron chi connectivity index (χ0n) is 13.6. The first-order valence-corrected chi connectivity index (χ1v) is 8.80. The van der Waals surface area contributed by atoms with E-state index < -0.39 is 17.4 Å². The monoisotopic (exact) mass is 379 g/mol. The molecule has 3 atom stereocenters. The zero-order valence-corrected chi connectivity index (χ0v) is 15.2. The van der Waals surface area contributed by atoms with Crippen molar-refractivity contribution in [3.05, 3.63) is 28.2 Å². The van der Waals surface area contributed by atoms with Gasteiger partial charge in [-0.25, -0.2) is 0 Å². The molecule has 1 fully saturated rings. The molecule has 0 unspecified atom stereocenters. The molecule has 3 rings (SSSR count). The topological polar surface area (TPSA) is 66.4 Å². The van der Waals surface area contributed by atoms with Gasteiger partial charge in [0.2, 0.25) is 0 Å². The van der Waals surface area contributed by atoms with E-state index in [1.807, 2.05) is 6.07 Å². The molecule has 1 aromatic carbocycles. The molecule has 0 spiro atoms. The second-order valence-corrected chi connectivity index (χ2v) is 8.68. The Balaban J connectivity index is 2.04. The van der Waals surface area contributed by atoms with Gasteiger partial charge in [-0.15, -0.1) is 0 Å². The lowest BCUT2D eigenvalue weighted by molar-refractivity contribution is -0.153. The van der Waals surface area contributed by atoms with Gasteiger partial charge in [0, 0.05) is 22.1 Å². The maximum atomic E-state index is 12.5. The van der Waals surface area contributed by atoms with Gasteiger partial charge in [-0.05, 0) is 42.4 Å². The highest BCUT2D eigenvalue weighted by molar-refractivity contribution is 9.10. The summed E-state index contributed by atoms with van der Waals surface area (Å²) >= 11 is 3.38. The van der Waals surface area contributed by atoms with Gasteiger partial charge in [-0.2, -0.15) is 0 Å². The lowest BCUT2D eigenvalue weighted by atomic mass is 9.63. The van der Waals surface area contributed by atoms with E-state index in [4.69, 9.17) is 0 Å². The van der Waals surface area contributed by atoms with E-state index >= 15 is 0 Å². The number of anilines is 1. The Labute approximate surface area is 144 Å². The fourth-order valence-corrected chi connectivity index (χ4v) is 4.20. The first-order valence-electron chi connectivity index (χ1n) is 8.00. The van der Waals surface area contributed by atoms with Gasteiger partial charge in [-0.1, -0.05) is 36.7 Å². The van der Waals surface area contributed by atoms with Crippen molar-refractivity contribution in [2.24, 2.45) is 17.3 Å².